The Labute approximate surface area is 178 Å². The number of anilines is 1. The zero-order chi connectivity index (χ0) is 19.5. The summed E-state index contributed by atoms with van der Waals surface area (Å²) in [4.78, 5) is 18.2. The summed E-state index contributed by atoms with van der Waals surface area (Å²) in [5.41, 5.74) is 5.57. The van der Waals surface area contributed by atoms with Crippen molar-refractivity contribution < 1.29 is 0 Å². The van der Waals surface area contributed by atoms with Gasteiger partial charge in [0.1, 0.15) is 5.65 Å². The molecule has 4 rings (SSSR count). The van der Waals surface area contributed by atoms with Crippen molar-refractivity contribution >= 4 is 23.7 Å². The second-order valence-corrected chi connectivity index (χ2v) is 7.63. The highest BCUT2D eigenvalue weighted by molar-refractivity contribution is 5.85. The minimum Gasteiger partial charge on any atom is -0.381 e. The second kappa shape index (κ2) is 9.42. The van der Waals surface area contributed by atoms with E-state index in [1.807, 2.05) is 18.2 Å². The molecule has 0 spiro atoms. The van der Waals surface area contributed by atoms with Crippen LogP contribution in [0.5, 0.6) is 0 Å². The molecule has 0 aliphatic carbocycles. The van der Waals surface area contributed by atoms with Gasteiger partial charge in [-0.25, -0.2) is 4.98 Å². The third-order valence-electron chi connectivity index (χ3n) is 5.50. The zero-order valence-corrected chi connectivity index (χ0v) is 17.9. The maximum absolute atomic E-state index is 13.3. The van der Waals surface area contributed by atoms with Crippen molar-refractivity contribution in [3.63, 3.8) is 0 Å². The first-order chi connectivity index (χ1) is 13.7. The van der Waals surface area contributed by atoms with E-state index in [1.165, 1.54) is 0 Å². The Hall–Kier alpha value is -2.37. The molecule has 1 fully saturated rings. The van der Waals surface area contributed by atoms with Gasteiger partial charge in [-0.3, -0.25) is 9.20 Å². The number of benzene rings is 1. The molecule has 1 aliphatic rings. The molecule has 2 N–H and O–H groups in total. The Morgan fingerprint density at radius 3 is 2.86 bits per heavy atom. The Balaban J connectivity index is 0.00000240. The van der Waals surface area contributed by atoms with Crippen LogP contribution in [0.15, 0.2) is 47.4 Å². The SMILES string of the molecule is CCCCc1nc2ccccn2c(=O)c1-c1ccc(N[C@@H]2CCNC2)cc1C.Cl. The lowest BCUT2D eigenvalue weighted by molar-refractivity contribution is 0.774. The highest BCUT2D eigenvalue weighted by atomic mass is 35.5. The average Bonchev–Trinajstić information content (AvgIpc) is 3.20. The van der Waals surface area contributed by atoms with Gasteiger partial charge in [-0.15, -0.1) is 12.4 Å². The van der Waals surface area contributed by atoms with Crippen molar-refractivity contribution in [2.24, 2.45) is 0 Å². The van der Waals surface area contributed by atoms with E-state index in [0.717, 1.165) is 66.8 Å². The summed E-state index contributed by atoms with van der Waals surface area (Å²) in [6.07, 6.45) is 5.86. The van der Waals surface area contributed by atoms with Gasteiger partial charge in [0.05, 0.1) is 11.3 Å². The van der Waals surface area contributed by atoms with Crippen LogP contribution in [0.1, 0.15) is 37.4 Å². The minimum absolute atomic E-state index is 0. The first kappa shape index (κ1) is 21.3. The highest BCUT2D eigenvalue weighted by Gasteiger charge is 2.18. The standard InChI is InChI=1S/C23H28N4O.ClH/c1-3-4-7-20-22(23(28)27-13-6-5-8-21(27)26-20)19-10-9-17(14-16(19)2)25-18-11-12-24-15-18;/h5-6,8-10,13-14,18,24-25H,3-4,7,11-12,15H2,1-2H3;1H/t18-;/m1./s1. The van der Waals surface area contributed by atoms with Gasteiger partial charge in [0.15, 0.2) is 0 Å². The van der Waals surface area contributed by atoms with E-state index in [1.54, 1.807) is 10.6 Å². The second-order valence-electron chi connectivity index (χ2n) is 7.63. The smallest absolute Gasteiger partial charge is 0.266 e. The molecule has 1 atom stereocenters. The zero-order valence-electron chi connectivity index (χ0n) is 17.1. The third kappa shape index (κ3) is 4.46. The molecule has 1 aliphatic heterocycles. The van der Waals surface area contributed by atoms with Crippen LogP contribution in [0, 0.1) is 6.92 Å². The largest absolute Gasteiger partial charge is 0.381 e. The maximum atomic E-state index is 13.3. The fourth-order valence-corrected chi connectivity index (χ4v) is 3.98. The highest BCUT2D eigenvalue weighted by Crippen LogP contribution is 2.27. The van der Waals surface area contributed by atoms with E-state index in [2.05, 4.69) is 42.7 Å². The van der Waals surface area contributed by atoms with Gasteiger partial charge in [0.2, 0.25) is 0 Å². The Kier molecular flexibility index (Phi) is 6.93. The van der Waals surface area contributed by atoms with Crippen molar-refractivity contribution in [2.75, 3.05) is 18.4 Å². The van der Waals surface area contributed by atoms with Crippen LogP contribution in [-0.4, -0.2) is 28.5 Å². The monoisotopic (exact) mass is 412 g/mol. The molecule has 1 aromatic carbocycles. The number of rotatable bonds is 6. The lowest BCUT2D eigenvalue weighted by Crippen LogP contribution is -2.22. The van der Waals surface area contributed by atoms with Crippen LogP contribution in [0.4, 0.5) is 5.69 Å². The maximum Gasteiger partial charge on any atom is 0.266 e. The molecule has 29 heavy (non-hydrogen) atoms. The summed E-state index contributed by atoms with van der Waals surface area (Å²) in [6, 6.07) is 12.5. The molecule has 3 aromatic rings. The number of fused-ring (bicyclic) bond motifs is 1. The number of hydrogen-bond acceptors (Lipinski definition) is 4. The molecule has 0 unspecified atom stereocenters. The molecule has 2 aromatic heterocycles. The van der Waals surface area contributed by atoms with Gasteiger partial charge in [-0.05, 0) is 68.1 Å². The molecule has 1 saturated heterocycles. The number of aryl methyl sites for hydroxylation is 2. The number of halogens is 1. The minimum atomic E-state index is 0. The number of pyridine rings is 1. The normalized spacial score (nSPS) is 16.0. The van der Waals surface area contributed by atoms with E-state index < -0.39 is 0 Å². The van der Waals surface area contributed by atoms with Crippen LogP contribution < -0.4 is 16.2 Å². The molecule has 0 saturated carbocycles. The van der Waals surface area contributed by atoms with Crippen molar-refractivity contribution in [1.82, 2.24) is 14.7 Å². The lowest BCUT2D eigenvalue weighted by atomic mass is 9.97. The number of nitrogens with one attached hydrogen (secondary N) is 2. The Morgan fingerprint density at radius 2 is 2.14 bits per heavy atom. The van der Waals surface area contributed by atoms with Gasteiger partial charge in [-0.1, -0.05) is 25.5 Å². The molecular formula is C23H29ClN4O. The predicted octanol–water partition coefficient (Wildman–Crippen LogP) is 4.21. The van der Waals surface area contributed by atoms with E-state index in [0.29, 0.717) is 11.7 Å². The fourth-order valence-electron chi connectivity index (χ4n) is 3.98. The van der Waals surface area contributed by atoms with E-state index in [9.17, 15) is 4.79 Å². The molecular weight excluding hydrogens is 384 g/mol. The van der Waals surface area contributed by atoms with Crippen LogP contribution >= 0.6 is 12.4 Å². The van der Waals surface area contributed by atoms with Crippen molar-refractivity contribution in [3.8, 4) is 11.1 Å². The molecule has 0 radical (unpaired) electrons. The van der Waals surface area contributed by atoms with Crippen molar-refractivity contribution in [1.29, 1.82) is 0 Å². The third-order valence-corrected chi connectivity index (χ3v) is 5.50. The van der Waals surface area contributed by atoms with Crippen LogP contribution in [0.2, 0.25) is 0 Å². The first-order valence-corrected chi connectivity index (χ1v) is 10.3. The van der Waals surface area contributed by atoms with Gasteiger partial charge >= 0.3 is 0 Å². The van der Waals surface area contributed by atoms with Gasteiger partial charge < -0.3 is 10.6 Å². The lowest BCUT2D eigenvalue weighted by Gasteiger charge is -2.16. The fraction of sp³-hybridized carbons (Fsp3) is 0.391. The molecule has 0 bridgehead atoms. The Morgan fingerprint density at radius 1 is 1.28 bits per heavy atom. The summed E-state index contributed by atoms with van der Waals surface area (Å²) < 4.78 is 1.65. The van der Waals surface area contributed by atoms with E-state index in [4.69, 9.17) is 4.98 Å². The Bertz CT molecular complexity index is 1040. The van der Waals surface area contributed by atoms with E-state index >= 15 is 0 Å². The summed E-state index contributed by atoms with van der Waals surface area (Å²) in [6.45, 7) is 6.31. The summed E-state index contributed by atoms with van der Waals surface area (Å²) in [7, 11) is 0. The number of nitrogens with zero attached hydrogens (tertiary/aromatic N) is 2. The van der Waals surface area contributed by atoms with Gasteiger partial charge in [-0.2, -0.15) is 0 Å². The molecule has 6 heteroatoms. The summed E-state index contributed by atoms with van der Waals surface area (Å²) in [5, 5.41) is 6.97. The van der Waals surface area contributed by atoms with Gasteiger partial charge in [0, 0.05) is 24.5 Å². The first-order valence-electron chi connectivity index (χ1n) is 10.3. The van der Waals surface area contributed by atoms with Gasteiger partial charge in [0.25, 0.3) is 5.56 Å². The predicted molar refractivity (Wildman–Crippen MR) is 122 cm³/mol. The molecule has 0 amide bonds. The van der Waals surface area contributed by atoms with Crippen LogP contribution in [-0.2, 0) is 6.42 Å². The molecule has 154 valence electrons. The number of unbranched alkanes of at least 4 members (excludes halogenated alkanes) is 1. The van der Waals surface area contributed by atoms with E-state index in [-0.39, 0.29) is 18.0 Å². The summed E-state index contributed by atoms with van der Waals surface area (Å²) in [5.74, 6) is 0. The molecule has 5 nitrogen and oxygen atoms in total. The van der Waals surface area contributed by atoms with Crippen LogP contribution in [0.25, 0.3) is 16.8 Å². The number of hydrogen-bond donors (Lipinski definition) is 2. The topological polar surface area (TPSA) is 58.4 Å². The van der Waals surface area contributed by atoms with Crippen molar-refractivity contribution in [3.05, 3.63) is 64.2 Å². The quantitative estimate of drug-likeness (QED) is 0.636. The summed E-state index contributed by atoms with van der Waals surface area (Å²) >= 11 is 0. The number of aromatic nitrogens is 2. The molecule has 3 heterocycles. The van der Waals surface area contributed by atoms with Crippen LogP contribution in [0.3, 0.4) is 0 Å². The average molecular weight is 413 g/mol. The van der Waals surface area contributed by atoms with Crippen molar-refractivity contribution in [2.45, 2.75) is 45.6 Å².